The van der Waals surface area contributed by atoms with Gasteiger partial charge >= 0.3 is 0 Å². The molecular formula is C23H28Cl3N3O2S. The first-order chi connectivity index (χ1) is 15.3. The number of nitrogens with zero attached hydrogens (tertiary/aromatic N) is 1. The summed E-state index contributed by atoms with van der Waals surface area (Å²) < 4.78 is 28.5. The molecule has 32 heavy (non-hydrogen) atoms. The van der Waals surface area contributed by atoms with Crippen LogP contribution in [-0.2, 0) is 10.0 Å². The zero-order chi connectivity index (χ0) is 22.7. The van der Waals surface area contributed by atoms with Crippen molar-refractivity contribution >= 4 is 50.5 Å². The number of nitrogens with one attached hydrogen (secondary N) is 2. The van der Waals surface area contributed by atoms with E-state index in [4.69, 9.17) is 34.8 Å². The van der Waals surface area contributed by atoms with Crippen molar-refractivity contribution in [2.75, 3.05) is 31.1 Å². The maximum absolute atomic E-state index is 12.8. The molecule has 2 heterocycles. The molecule has 0 spiro atoms. The van der Waals surface area contributed by atoms with Crippen LogP contribution in [0, 0.1) is 5.92 Å². The van der Waals surface area contributed by atoms with Crippen molar-refractivity contribution in [1.82, 2.24) is 10.0 Å². The molecule has 2 N–H and O–H groups in total. The predicted molar refractivity (Wildman–Crippen MR) is 134 cm³/mol. The van der Waals surface area contributed by atoms with Gasteiger partial charge in [-0.25, -0.2) is 13.1 Å². The van der Waals surface area contributed by atoms with Gasteiger partial charge < -0.3 is 10.2 Å². The van der Waals surface area contributed by atoms with Crippen molar-refractivity contribution in [2.45, 2.75) is 37.0 Å². The third-order valence-electron chi connectivity index (χ3n) is 6.46. The number of hydrogen-bond acceptors (Lipinski definition) is 4. The third-order valence-corrected chi connectivity index (χ3v) is 9.19. The molecule has 2 aliphatic heterocycles. The highest BCUT2D eigenvalue weighted by Gasteiger charge is 2.33. The van der Waals surface area contributed by atoms with Crippen LogP contribution in [0.3, 0.4) is 0 Å². The molecule has 0 aliphatic carbocycles. The van der Waals surface area contributed by atoms with Crippen LogP contribution in [0.2, 0.25) is 15.1 Å². The van der Waals surface area contributed by atoms with Crippen LogP contribution in [0.5, 0.6) is 0 Å². The van der Waals surface area contributed by atoms with Crippen LogP contribution in [0.25, 0.3) is 0 Å². The van der Waals surface area contributed by atoms with E-state index in [1.54, 1.807) is 6.07 Å². The summed E-state index contributed by atoms with van der Waals surface area (Å²) in [6.45, 7) is 2.67. The van der Waals surface area contributed by atoms with Crippen molar-refractivity contribution in [3.63, 3.8) is 0 Å². The Kier molecular flexibility index (Phi) is 7.91. The number of benzene rings is 2. The Labute approximate surface area is 205 Å². The largest absolute Gasteiger partial charge is 0.364 e. The molecule has 4 rings (SSSR count). The SMILES string of the molecule is O=S(=O)(NC[C@@H]1CCC(c2ccc(Cl)cc2Cl)N(c2ccc(Cl)cc2)C1)C1CCNCC1. The quantitative estimate of drug-likeness (QED) is 0.549. The molecule has 0 radical (unpaired) electrons. The van der Waals surface area contributed by atoms with Crippen molar-refractivity contribution in [1.29, 1.82) is 0 Å². The van der Waals surface area contributed by atoms with E-state index >= 15 is 0 Å². The van der Waals surface area contributed by atoms with Gasteiger partial charge in [-0.15, -0.1) is 0 Å². The van der Waals surface area contributed by atoms with Gasteiger partial charge in [-0.05, 0) is 86.7 Å². The highest BCUT2D eigenvalue weighted by molar-refractivity contribution is 7.90. The molecular weight excluding hydrogens is 489 g/mol. The Hall–Kier alpha value is -1.02. The Bertz CT molecular complexity index is 1030. The topological polar surface area (TPSA) is 61.4 Å². The maximum Gasteiger partial charge on any atom is 0.214 e. The van der Waals surface area contributed by atoms with Crippen molar-refractivity contribution in [2.24, 2.45) is 5.92 Å². The zero-order valence-electron chi connectivity index (χ0n) is 17.7. The first-order valence-corrected chi connectivity index (χ1v) is 13.7. The Balaban J connectivity index is 1.51. The van der Waals surface area contributed by atoms with Crippen LogP contribution < -0.4 is 14.9 Å². The summed E-state index contributed by atoms with van der Waals surface area (Å²) in [7, 11) is -3.31. The third kappa shape index (κ3) is 5.72. The van der Waals surface area contributed by atoms with E-state index in [1.807, 2.05) is 36.4 Å². The molecule has 0 amide bonds. The summed E-state index contributed by atoms with van der Waals surface area (Å²) in [5.41, 5.74) is 2.07. The Morgan fingerprint density at radius 1 is 0.938 bits per heavy atom. The Morgan fingerprint density at radius 2 is 1.62 bits per heavy atom. The molecule has 2 aromatic carbocycles. The lowest BCUT2D eigenvalue weighted by Gasteiger charge is -2.42. The van der Waals surface area contributed by atoms with Gasteiger partial charge in [0, 0.05) is 33.8 Å². The monoisotopic (exact) mass is 515 g/mol. The fraction of sp³-hybridized carbons (Fsp3) is 0.478. The highest BCUT2D eigenvalue weighted by Crippen LogP contribution is 2.40. The van der Waals surface area contributed by atoms with Gasteiger partial charge in [0.15, 0.2) is 0 Å². The van der Waals surface area contributed by atoms with Gasteiger partial charge in [-0.3, -0.25) is 0 Å². The minimum absolute atomic E-state index is 0.0817. The van der Waals surface area contributed by atoms with E-state index in [-0.39, 0.29) is 17.2 Å². The lowest BCUT2D eigenvalue weighted by molar-refractivity contribution is 0.357. The first-order valence-electron chi connectivity index (χ1n) is 11.0. The maximum atomic E-state index is 12.8. The molecule has 2 aromatic rings. The number of sulfonamides is 1. The number of rotatable bonds is 6. The lowest BCUT2D eigenvalue weighted by Crippen LogP contribution is -2.46. The Morgan fingerprint density at radius 3 is 2.31 bits per heavy atom. The van der Waals surface area contributed by atoms with Crippen LogP contribution in [0.15, 0.2) is 42.5 Å². The standard InChI is InChI=1S/C23H28Cl3N3O2S/c24-17-2-5-19(6-3-17)29-15-16(14-28-32(30,31)20-9-11-27-12-10-20)1-8-23(29)21-7-4-18(25)13-22(21)26/h2-7,13,16,20,23,27-28H,1,8-12,14-15H2/t16-,23?/m0/s1. The zero-order valence-corrected chi connectivity index (χ0v) is 20.8. The van der Waals surface area contributed by atoms with Gasteiger partial charge in [0.25, 0.3) is 0 Å². The second-order valence-corrected chi connectivity index (χ2v) is 11.9. The number of halogens is 3. The van der Waals surface area contributed by atoms with E-state index in [0.717, 1.165) is 43.7 Å². The molecule has 2 fully saturated rings. The molecule has 0 aromatic heterocycles. The predicted octanol–water partition coefficient (Wildman–Crippen LogP) is 5.28. The van der Waals surface area contributed by atoms with Crippen molar-refractivity contribution in [3.8, 4) is 0 Å². The fourth-order valence-corrected chi connectivity index (χ4v) is 6.90. The molecule has 0 saturated carbocycles. The summed E-state index contributed by atoms with van der Waals surface area (Å²) in [5.74, 6) is 0.199. The average molecular weight is 517 g/mol. The summed E-state index contributed by atoms with van der Waals surface area (Å²) in [6, 6.07) is 13.5. The summed E-state index contributed by atoms with van der Waals surface area (Å²) in [4.78, 5) is 2.30. The van der Waals surface area contributed by atoms with Gasteiger partial charge in [0.1, 0.15) is 0 Å². The van der Waals surface area contributed by atoms with Crippen molar-refractivity contribution in [3.05, 3.63) is 63.1 Å². The molecule has 5 nitrogen and oxygen atoms in total. The second kappa shape index (κ2) is 10.5. The molecule has 2 atom stereocenters. The minimum Gasteiger partial charge on any atom is -0.364 e. The van der Waals surface area contributed by atoms with E-state index in [2.05, 4.69) is 14.9 Å². The number of anilines is 1. The van der Waals surface area contributed by atoms with Crippen LogP contribution in [0.4, 0.5) is 5.69 Å². The van der Waals surface area contributed by atoms with Gasteiger partial charge in [-0.2, -0.15) is 0 Å². The lowest BCUT2D eigenvalue weighted by atomic mass is 9.88. The molecule has 0 bridgehead atoms. The smallest absolute Gasteiger partial charge is 0.214 e. The molecule has 174 valence electrons. The van der Waals surface area contributed by atoms with E-state index in [1.165, 1.54) is 0 Å². The first kappa shape index (κ1) is 24.1. The summed E-state index contributed by atoms with van der Waals surface area (Å²) >= 11 is 18.8. The normalized spacial score (nSPS) is 22.8. The molecule has 2 aliphatic rings. The number of piperidine rings is 2. The summed E-state index contributed by atoms with van der Waals surface area (Å²) in [5, 5.41) is 4.85. The second-order valence-electron chi connectivity index (χ2n) is 8.60. The van der Waals surface area contributed by atoms with Gasteiger partial charge in [0.05, 0.1) is 11.3 Å². The van der Waals surface area contributed by atoms with E-state index in [0.29, 0.717) is 34.5 Å². The van der Waals surface area contributed by atoms with Gasteiger partial charge in [0.2, 0.25) is 10.0 Å². The van der Waals surface area contributed by atoms with Crippen LogP contribution in [-0.4, -0.2) is 39.8 Å². The van der Waals surface area contributed by atoms with E-state index < -0.39 is 10.0 Å². The van der Waals surface area contributed by atoms with Crippen molar-refractivity contribution < 1.29 is 8.42 Å². The average Bonchev–Trinajstić information content (AvgIpc) is 2.79. The highest BCUT2D eigenvalue weighted by atomic mass is 35.5. The summed E-state index contributed by atoms with van der Waals surface area (Å²) in [6.07, 6.45) is 3.09. The van der Waals surface area contributed by atoms with Crippen LogP contribution >= 0.6 is 34.8 Å². The van der Waals surface area contributed by atoms with Crippen LogP contribution in [0.1, 0.15) is 37.3 Å². The number of hydrogen-bond donors (Lipinski definition) is 2. The molecule has 1 unspecified atom stereocenters. The molecule has 9 heteroatoms. The van der Waals surface area contributed by atoms with E-state index in [9.17, 15) is 8.42 Å². The molecule has 2 saturated heterocycles. The fourth-order valence-electron chi connectivity index (χ4n) is 4.68. The minimum atomic E-state index is -3.31. The van der Waals surface area contributed by atoms with Gasteiger partial charge in [-0.1, -0.05) is 40.9 Å².